The van der Waals surface area contributed by atoms with Gasteiger partial charge in [-0.05, 0) is 35.9 Å². The number of carboxylic acids is 1. The van der Waals surface area contributed by atoms with Crippen LogP contribution in [0.1, 0.15) is 15.9 Å². The topological polar surface area (TPSA) is 75.6 Å². The number of rotatable bonds is 7. The van der Waals surface area contributed by atoms with Crippen LogP contribution in [0.2, 0.25) is 0 Å². The van der Waals surface area contributed by atoms with E-state index in [1.54, 1.807) is 60.7 Å². The Labute approximate surface area is 139 Å². The lowest BCUT2D eigenvalue weighted by atomic mass is 10.1. The van der Waals surface area contributed by atoms with Crippen LogP contribution in [0.25, 0.3) is 6.08 Å². The lowest BCUT2D eigenvalue weighted by Crippen LogP contribution is -2.27. The fourth-order valence-electron chi connectivity index (χ4n) is 1.92. The monoisotopic (exact) mass is 323 g/mol. The van der Waals surface area contributed by atoms with Crippen LogP contribution < -0.4 is 10.1 Å². The number of nitrogens with one attached hydrogen (secondary N) is 1. The summed E-state index contributed by atoms with van der Waals surface area (Å²) in [6.07, 6.45) is 3.02. The summed E-state index contributed by atoms with van der Waals surface area (Å²) in [5, 5.41) is 11.7. The molecule has 0 saturated carbocycles. The number of benzene rings is 2. The maximum atomic E-state index is 12.1. The number of carboxylic acid groups (broad SMARTS) is 1. The molecule has 5 nitrogen and oxygen atoms in total. The maximum absolute atomic E-state index is 12.1. The maximum Gasteiger partial charge on any atom is 0.352 e. The van der Waals surface area contributed by atoms with Crippen LogP contribution in [0.15, 0.2) is 72.9 Å². The molecule has 0 heterocycles. The zero-order chi connectivity index (χ0) is 17.4. The Balaban J connectivity index is 2.14. The van der Waals surface area contributed by atoms with Gasteiger partial charge in [-0.1, -0.05) is 43.0 Å². The molecular formula is C19H17NO4. The lowest BCUT2D eigenvalue weighted by molar-refractivity contribution is -0.132. The molecule has 0 radical (unpaired) electrons. The van der Waals surface area contributed by atoms with Gasteiger partial charge in [0.25, 0.3) is 5.91 Å². The van der Waals surface area contributed by atoms with Gasteiger partial charge in [0.1, 0.15) is 18.1 Å². The van der Waals surface area contributed by atoms with Crippen LogP contribution in [0.3, 0.4) is 0 Å². The van der Waals surface area contributed by atoms with Gasteiger partial charge in [0, 0.05) is 5.56 Å². The smallest absolute Gasteiger partial charge is 0.352 e. The number of ether oxygens (including phenoxy) is 1. The summed E-state index contributed by atoms with van der Waals surface area (Å²) in [6, 6.07) is 15.3. The van der Waals surface area contributed by atoms with E-state index in [4.69, 9.17) is 4.74 Å². The minimum atomic E-state index is -1.22. The molecule has 24 heavy (non-hydrogen) atoms. The Kier molecular flexibility index (Phi) is 5.91. The summed E-state index contributed by atoms with van der Waals surface area (Å²) in [7, 11) is 0. The minimum Gasteiger partial charge on any atom is -0.490 e. The zero-order valence-electron chi connectivity index (χ0n) is 12.9. The van der Waals surface area contributed by atoms with Crippen LogP contribution in [-0.2, 0) is 4.79 Å². The van der Waals surface area contributed by atoms with Gasteiger partial charge in [-0.2, -0.15) is 0 Å². The van der Waals surface area contributed by atoms with Gasteiger partial charge in [-0.25, -0.2) is 4.79 Å². The molecule has 0 aromatic heterocycles. The molecule has 0 saturated heterocycles. The molecule has 1 amide bonds. The van der Waals surface area contributed by atoms with E-state index in [0.29, 0.717) is 23.5 Å². The molecule has 2 aromatic rings. The number of hydrogen-bond donors (Lipinski definition) is 2. The molecule has 0 aliphatic heterocycles. The van der Waals surface area contributed by atoms with Crippen molar-refractivity contribution in [3.05, 3.63) is 84.1 Å². The predicted octanol–water partition coefficient (Wildman–Crippen LogP) is 3.11. The Morgan fingerprint density at radius 1 is 1.08 bits per heavy atom. The average molecular weight is 323 g/mol. The highest BCUT2D eigenvalue weighted by Crippen LogP contribution is 2.14. The first-order valence-electron chi connectivity index (χ1n) is 7.25. The summed E-state index contributed by atoms with van der Waals surface area (Å²) < 4.78 is 5.36. The standard InChI is InChI=1S/C19H17NO4/c1-2-12-24-16-10-8-14(9-11-16)13-17(19(22)23)20-18(21)15-6-4-3-5-7-15/h2-11,13H,1,12H2,(H,20,21)(H,22,23). The van der Waals surface area contributed by atoms with Crippen LogP contribution in [-0.4, -0.2) is 23.6 Å². The Hall–Kier alpha value is -3.34. The fraction of sp³-hybridized carbons (Fsp3) is 0.0526. The second-order valence-corrected chi connectivity index (χ2v) is 4.85. The number of amides is 1. The molecule has 0 bridgehead atoms. The number of aliphatic carboxylic acids is 1. The Bertz CT molecular complexity index is 749. The van der Waals surface area contributed by atoms with Gasteiger partial charge in [-0.3, -0.25) is 4.79 Å². The van der Waals surface area contributed by atoms with Crippen molar-refractivity contribution in [2.24, 2.45) is 0 Å². The first-order chi connectivity index (χ1) is 11.6. The van der Waals surface area contributed by atoms with Crippen molar-refractivity contribution in [2.75, 3.05) is 6.61 Å². The van der Waals surface area contributed by atoms with Crippen molar-refractivity contribution >= 4 is 18.0 Å². The molecule has 0 unspecified atom stereocenters. The van der Waals surface area contributed by atoms with Crippen LogP contribution in [0.4, 0.5) is 0 Å². The van der Waals surface area contributed by atoms with Gasteiger partial charge in [0.2, 0.25) is 0 Å². The summed E-state index contributed by atoms with van der Waals surface area (Å²) >= 11 is 0. The largest absolute Gasteiger partial charge is 0.490 e. The zero-order valence-corrected chi connectivity index (χ0v) is 12.9. The molecule has 2 N–H and O–H groups in total. The van der Waals surface area contributed by atoms with E-state index in [-0.39, 0.29) is 5.70 Å². The highest BCUT2D eigenvalue weighted by molar-refractivity contribution is 6.02. The molecule has 0 fully saturated rings. The molecule has 122 valence electrons. The third kappa shape index (κ3) is 4.84. The van der Waals surface area contributed by atoms with E-state index in [2.05, 4.69) is 11.9 Å². The number of carbonyl (C=O) groups excluding carboxylic acids is 1. The van der Waals surface area contributed by atoms with Crippen molar-refractivity contribution in [2.45, 2.75) is 0 Å². The quantitative estimate of drug-likeness (QED) is 0.606. The van der Waals surface area contributed by atoms with Crippen molar-refractivity contribution in [3.8, 4) is 5.75 Å². The van der Waals surface area contributed by atoms with Gasteiger partial charge >= 0.3 is 5.97 Å². The van der Waals surface area contributed by atoms with E-state index in [1.807, 2.05) is 0 Å². The SMILES string of the molecule is C=CCOc1ccc(C=C(NC(=O)c2ccccc2)C(=O)O)cc1. The number of hydrogen-bond acceptors (Lipinski definition) is 3. The second kappa shape index (κ2) is 8.33. The molecule has 0 aliphatic carbocycles. The third-order valence-electron chi connectivity index (χ3n) is 3.07. The van der Waals surface area contributed by atoms with Gasteiger partial charge in [-0.15, -0.1) is 0 Å². The minimum absolute atomic E-state index is 0.205. The van der Waals surface area contributed by atoms with Crippen LogP contribution in [0.5, 0.6) is 5.75 Å². The molecule has 0 aliphatic rings. The summed E-state index contributed by atoms with van der Waals surface area (Å²) in [6.45, 7) is 3.96. The molecule has 2 aromatic carbocycles. The lowest BCUT2D eigenvalue weighted by Gasteiger charge is -2.07. The van der Waals surface area contributed by atoms with Crippen LogP contribution in [0, 0.1) is 0 Å². The molecular weight excluding hydrogens is 306 g/mol. The summed E-state index contributed by atoms with van der Waals surface area (Å²) in [4.78, 5) is 23.4. The normalized spacial score (nSPS) is 10.8. The number of carbonyl (C=O) groups is 2. The third-order valence-corrected chi connectivity index (χ3v) is 3.07. The van der Waals surface area contributed by atoms with E-state index in [1.165, 1.54) is 6.08 Å². The van der Waals surface area contributed by atoms with E-state index in [9.17, 15) is 14.7 Å². The van der Waals surface area contributed by atoms with Gasteiger partial charge < -0.3 is 15.2 Å². The second-order valence-electron chi connectivity index (χ2n) is 4.85. The first-order valence-corrected chi connectivity index (χ1v) is 7.25. The van der Waals surface area contributed by atoms with Crippen molar-refractivity contribution in [1.82, 2.24) is 5.32 Å². The molecule has 0 spiro atoms. The summed E-state index contributed by atoms with van der Waals surface area (Å²) in [5.41, 5.74) is 0.813. The average Bonchev–Trinajstić information content (AvgIpc) is 2.61. The predicted molar refractivity (Wildman–Crippen MR) is 91.7 cm³/mol. The molecule has 2 rings (SSSR count). The highest BCUT2D eigenvalue weighted by atomic mass is 16.5. The van der Waals surface area contributed by atoms with Crippen molar-refractivity contribution < 1.29 is 19.4 Å². The Morgan fingerprint density at radius 2 is 1.75 bits per heavy atom. The van der Waals surface area contributed by atoms with Gasteiger partial charge in [0.05, 0.1) is 0 Å². The Morgan fingerprint density at radius 3 is 2.33 bits per heavy atom. The molecule has 0 atom stereocenters. The fourth-order valence-corrected chi connectivity index (χ4v) is 1.92. The van der Waals surface area contributed by atoms with Crippen LogP contribution >= 0.6 is 0 Å². The van der Waals surface area contributed by atoms with Gasteiger partial charge in [0.15, 0.2) is 0 Å². The van der Waals surface area contributed by atoms with E-state index < -0.39 is 11.9 Å². The van der Waals surface area contributed by atoms with E-state index >= 15 is 0 Å². The highest BCUT2D eigenvalue weighted by Gasteiger charge is 2.13. The molecule has 5 heteroatoms. The summed E-state index contributed by atoms with van der Waals surface area (Å²) in [5.74, 6) is -1.04. The van der Waals surface area contributed by atoms with Crippen molar-refractivity contribution in [3.63, 3.8) is 0 Å². The van der Waals surface area contributed by atoms with E-state index in [0.717, 1.165) is 0 Å². The van der Waals surface area contributed by atoms with Crippen molar-refractivity contribution in [1.29, 1.82) is 0 Å². The first kappa shape index (κ1) is 17.0.